The van der Waals surface area contributed by atoms with Crippen molar-refractivity contribution >= 4 is 11.6 Å². The predicted molar refractivity (Wildman–Crippen MR) is 58.4 cm³/mol. The molecule has 1 N–H and O–H groups in total. The van der Waals surface area contributed by atoms with Gasteiger partial charge in [-0.15, -0.1) is 0 Å². The molecule has 0 aliphatic carbocycles. The molecule has 0 spiro atoms. The van der Waals surface area contributed by atoms with Crippen LogP contribution in [-0.2, 0) is 6.42 Å². The lowest BCUT2D eigenvalue weighted by Crippen LogP contribution is -1.82. The van der Waals surface area contributed by atoms with Crippen LogP contribution in [0.4, 0.5) is 0 Å². The molecule has 0 atom stereocenters. The highest BCUT2D eigenvalue weighted by atomic mass is 35.5. The van der Waals surface area contributed by atoms with Crippen LogP contribution in [-0.4, -0.2) is 10.2 Å². The number of H-pyrrole nitrogens is 1. The van der Waals surface area contributed by atoms with Crippen LogP contribution in [0.5, 0.6) is 0 Å². The zero-order valence-electron chi connectivity index (χ0n) is 7.92. The minimum atomic E-state index is 0.661. The summed E-state index contributed by atoms with van der Waals surface area (Å²) in [7, 11) is 0. The number of aryl methyl sites for hydroxylation is 1. The van der Waals surface area contributed by atoms with Crippen LogP contribution in [0.1, 0.15) is 12.5 Å². The lowest BCUT2D eigenvalue weighted by atomic mass is 10.1. The fraction of sp³-hybridized carbons (Fsp3) is 0.182. The molecule has 0 unspecified atom stereocenters. The van der Waals surface area contributed by atoms with Crippen LogP contribution >= 0.6 is 11.6 Å². The predicted octanol–water partition coefficient (Wildman–Crippen LogP) is 3.29. The van der Waals surface area contributed by atoms with Crippen molar-refractivity contribution in [3.05, 3.63) is 41.0 Å². The molecule has 14 heavy (non-hydrogen) atoms. The van der Waals surface area contributed by atoms with E-state index in [0.29, 0.717) is 5.02 Å². The van der Waals surface area contributed by atoms with E-state index >= 15 is 0 Å². The van der Waals surface area contributed by atoms with Crippen LogP contribution < -0.4 is 0 Å². The van der Waals surface area contributed by atoms with E-state index in [1.54, 1.807) is 6.20 Å². The first-order valence-electron chi connectivity index (χ1n) is 4.59. The van der Waals surface area contributed by atoms with Gasteiger partial charge in [-0.2, -0.15) is 5.10 Å². The van der Waals surface area contributed by atoms with E-state index in [-0.39, 0.29) is 0 Å². The number of rotatable bonds is 2. The first-order valence-corrected chi connectivity index (χ1v) is 4.97. The molecule has 2 nitrogen and oxygen atoms in total. The maximum Gasteiger partial charge on any atom is 0.0862 e. The normalized spacial score (nSPS) is 10.4. The maximum absolute atomic E-state index is 5.95. The number of benzene rings is 1. The van der Waals surface area contributed by atoms with E-state index in [2.05, 4.69) is 41.4 Å². The monoisotopic (exact) mass is 206 g/mol. The number of halogens is 1. The third kappa shape index (κ3) is 1.66. The van der Waals surface area contributed by atoms with Gasteiger partial charge in [-0.25, -0.2) is 0 Å². The second kappa shape index (κ2) is 3.84. The summed E-state index contributed by atoms with van der Waals surface area (Å²) in [5, 5.41) is 7.42. The number of aromatic amines is 1. The van der Waals surface area contributed by atoms with Gasteiger partial charge in [-0.3, -0.25) is 5.10 Å². The summed E-state index contributed by atoms with van der Waals surface area (Å²) in [4.78, 5) is 0. The van der Waals surface area contributed by atoms with Crippen LogP contribution in [0.25, 0.3) is 11.3 Å². The van der Waals surface area contributed by atoms with Crippen LogP contribution in [0, 0.1) is 0 Å². The Morgan fingerprint density at radius 1 is 1.29 bits per heavy atom. The first kappa shape index (κ1) is 9.28. The molecule has 2 rings (SSSR count). The fourth-order valence-corrected chi connectivity index (χ4v) is 1.58. The summed E-state index contributed by atoms with van der Waals surface area (Å²) in [6.45, 7) is 2.14. The van der Waals surface area contributed by atoms with Crippen LogP contribution in [0.15, 0.2) is 30.5 Å². The highest BCUT2D eigenvalue weighted by molar-refractivity contribution is 6.32. The molecule has 0 amide bonds. The summed E-state index contributed by atoms with van der Waals surface area (Å²) in [5.41, 5.74) is 3.28. The quantitative estimate of drug-likeness (QED) is 0.803. The summed E-state index contributed by atoms with van der Waals surface area (Å²) >= 11 is 5.95. The Balaban J connectivity index is 2.39. The van der Waals surface area contributed by atoms with Gasteiger partial charge in [0.05, 0.1) is 16.9 Å². The lowest BCUT2D eigenvalue weighted by molar-refractivity contribution is 1.09. The summed E-state index contributed by atoms with van der Waals surface area (Å²) in [5.74, 6) is 0. The zero-order chi connectivity index (χ0) is 9.97. The van der Waals surface area contributed by atoms with Gasteiger partial charge in [-0.1, -0.05) is 42.8 Å². The van der Waals surface area contributed by atoms with Crippen molar-refractivity contribution in [2.24, 2.45) is 0 Å². The number of aromatic nitrogens is 2. The fourth-order valence-electron chi connectivity index (χ4n) is 1.38. The minimum Gasteiger partial charge on any atom is -0.276 e. The van der Waals surface area contributed by atoms with E-state index in [1.807, 2.05) is 0 Å². The Hall–Kier alpha value is -1.28. The van der Waals surface area contributed by atoms with Crippen LogP contribution in [0.3, 0.4) is 0 Å². The molecule has 1 heterocycles. The number of nitrogens with one attached hydrogen (secondary N) is 1. The molecule has 0 bridgehead atoms. The van der Waals surface area contributed by atoms with Crippen molar-refractivity contribution in [2.45, 2.75) is 13.3 Å². The van der Waals surface area contributed by atoms with E-state index < -0.39 is 0 Å². The second-order valence-corrected chi connectivity index (χ2v) is 3.55. The van der Waals surface area contributed by atoms with Gasteiger partial charge in [-0.05, 0) is 12.0 Å². The molecule has 0 saturated heterocycles. The molecule has 2 aromatic rings. The van der Waals surface area contributed by atoms with Crippen molar-refractivity contribution < 1.29 is 0 Å². The van der Waals surface area contributed by atoms with E-state index in [9.17, 15) is 0 Å². The Labute approximate surface area is 87.9 Å². The number of hydrogen-bond acceptors (Lipinski definition) is 1. The van der Waals surface area contributed by atoms with E-state index in [0.717, 1.165) is 17.7 Å². The molecular formula is C11H11ClN2. The highest BCUT2D eigenvalue weighted by Crippen LogP contribution is 2.24. The molecular weight excluding hydrogens is 196 g/mol. The zero-order valence-corrected chi connectivity index (χ0v) is 8.67. The standard InChI is InChI=1S/C11H11ClN2/c1-2-8-3-5-9(6-4-8)11-10(12)7-13-14-11/h3-7H,2H2,1H3,(H,13,14). The summed E-state index contributed by atoms with van der Waals surface area (Å²) in [6, 6.07) is 8.31. The van der Waals surface area contributed by atoms with Gasteiger partial charge in [0.2, 0.25) is 0 Å². The van der Waals surface area contributed by atoms with Crippen molar-refractivity contribution in [3.63, 3.8) is 0 Å². The Morgan fingerprint density at radius 2 is 2.00 bits per heavy atom. The molecule has 1 aromatic heterocycles. The summed E-state index contributed by atoms with van der Waals surface area (Å²) in [6.07, 6.45) is 2.67. The molecule has 3 heteroatoms. The van der Waals surface area contributed by atoms with Gasteiger partial charge in [0, 0.05) is 5.56 Å². The van der Waals surface area contributed by atoms with Gasteiger partial charge >= 0.3 is 0 Å². The average molecular weight is 207 g/mol. The second-order valence-electron chi connectivity index (χ2n) is 3.14. The third-order valence-corrected chi connectivity index (χ3v) is 2.53. The third-order valence-electron chi connectivity index (χ3n) is 2.24. The Bertz CT molecular complexity index is 417. The van der Waals surface area contributed by atoms with Crippen molar-refractivity contribution in [1.82, 2.24) is 10.2 Å². The molecule has 72 valence electrons. The molecule has 1 aromatic carbocycles. The molecule has 0 fully saturated rings. The number of nitrogens with zero attached hydrogens (tertiary/aromatic N) is 1. The lowest BCUT2D eigenvalue weighted by Gasteiger charge is -2.00. The minimum absolute atomic E-state index is 0.661. The van der Waals surface area contributed by atoms with Gasteiger partial charge in [0.1, 0.15) is 0 Å². The smallest absolute Gasteiger partial charge is 0.0862 e. The van der Waals surface area contributed by atoms with Gasteiger partial charge in [0.25, 0.3) is 0 Å². The topological polar surface area (TPSA) is 28.7 Å². The Kier molecular flexibility index (Phi) is 2.55. The maximum atomic E-state index is 5.95. The highest BCUT2D eigenvalue weighted by Gasteiger charge is 2.04. The van der Waals surface area contributed by atoms with E-state index in [1.165, 1.54) is 5.56 Å². The van der Waals surface area contributed by atoms with Crippen molar-refractivity contribution in [3.8, 4) is 11.3 Å². The first-order chi connectivity index (χ1) is 6.81. The van der Waals surface area contributed by atoms with Crippen LogP contribution in [0.2, 0.25) is 5.02 Å². The van der Waals surface area contributed by atoms with E-state index in [4.69, 9.17) is 11.6 Å². The van der Waals surface area contributed by atoms with Gasteiger partial charge in [0.15, 0.2) is 0 Å². The molecule has 0 saturated carbocycles. The number of hydrogen-bond donors (Lipinski definition) is 1. The average Bonchev–Trinajstić information content (AvgIpc) is 2.65. The van der Waals surface area contributed by atoms with Crippen molar-refractivity contribution in [2.75, 3.05) is 0 Å². The van der Waals surface area contributed by atoms with Crippen molar-refractivity contribution in [1.29, 1.82) is 0 Å². The summed E-state index contributed by atoms with van der Waals surface area (Å²) < 4.78 is 0. The Morgan fingerprint density at radius 3 is 2.50 bits per heavy atom. The molecule has 0 radical (unpaired) electrons. The molecule has 0 aliphatic heterocycles. The van der Waals surface area contributed by atoms with Gasteiger partial charge < -0.3 is 0 Å². The molecule has 0 aliphatic rings. The SMILES string of the molecule is CCc1ccc(-c2[nH]ncc2Cl)cc1. The largest absolute Gasteiger partial charge is 0.276 e.